The van der Waals surface area contributed by atoms with E-state index < -0.39 is 0 Å². The maximum atomic E-state index is 4.25. The molecule has 0 amide bonds. The van der Waals surface area contributed by atoms with Crippen molar-refractivity contribution in [3.63, 3.8) is 0 Å². The van der Waals surface area contributed by atoms with Gasteiger partial charge < -0.3 is 10.6 Å². The van der Waals surface area contributed by atoms with E-state index in [2.05, 4.69) is 52.6 Å². The maximum Gasteiger partial charge on any atom is 0.135 e. The molecule has 4 heteroatoms. The van der Waals surface area contributed by atoms with Crippen molar-refractivity contribution in [3.05, 3.63) is 41.7 Å². The lowest BCUT2D eigenvalue weighted by atomic mass is 10.1. The summed E-state index contributed by atoms with van der Waals surface area (Å²) in [6.07, 6.45) is 4.07. The summed E-state index contributed by atoms with van der Waals surface area (Å²) in [6, 6.07) is 8.86. The first-order valence-electron chi connectivity index (χ1n) is 6.63. The molecule has 0 saturated heterocycles. The minimum absolute atomic E-state index is 0.601. The van der Waals surface area contributed by atoms with Crippen molar-refractivity contribution in [1.29, 1.82) is 0 Å². The van der Waals surface area contributed by atoms with Gasteiger partial charge in [0.05, 0.1) is 0 Å². The molecule has 1 heterocycles. The Kier molecular flexibility index (Phi) is 3.07. The van der Waals surface area contributed by atoms with E-state index in [-0.39, 0.29) is 0 Å². The molecule has 0 bridgehead atoms. The van der Waals surface area contributed by atoms with Crippen molar-refractivity contribution in [2.45, 2.75) is 32.7 Å². The second-order valence-corrected chi connectivity index (χ2v) is 5.13. The van der Waals surface area contributed by atoms with Crippen LogP contribution in [0.4, 0.5) is 17.3 Å². The Morgan fingerprint density at radius 2 is 1.79 bits per heavy atom. The number of hydrogen-bond acceptors (Lipinski definition) is 4. The number of nitrogens with zero attached hydrogens (tertiary/aromatic N) is 2. The fraction of sp³-hybridized carbons (Fsp3) is 0.333. The van der Waals surface area contributed by atoms with Crippen LogP contribution in [0, 0.1) is 13.8 Å². The summed E-state index contributed by atoms with van der Waals surface area (Å²) in [7, 11) is 0. The van der Waals surface area contributed by atoms with E-state index in [0.29, 0.717) is 6.04 Å². The third-order valence-electron chi connectivity index (χ3n) is 3.38. The number of anilines is 3. The van der Waals surface area contributed by atoms with Crippen molar-refractivity contribution in [3.8, 4) is 0 Å². The Bertz CT molecular complexity index is 590. The van der Waals surface area contributed by atoms with E-state index in [1.165, 1.54) is 24.0 Å². The number of aromatic nitrogens is 2. The summed E-state index contributed by atoms with van der Waals surface area (Å²) in [4.78, 5) is 8.48. The zero-order valence-electron chi connectivity index (χ0n) is 11.3. The molecule has 19 heavy (non-hydrogen) atoms. The second kappa shape index (κ2) is 4.88. The molecule has 3 rings (SSSR count). The molecule has 0 radical (unpaired) electrons. The maximum absolute atomic E-state index is 4.25. The van der Waals surface area contributed by atoms with E-state index in [1.807, 2.05) is 6.07 Å². The largest absolute Gasteiger partial charge is 0.367 e. The summed E-state index contributed by atoms with van der Waals surface area (Å²) >= 11 is 0. The van der Waals surface area contributed by atoms with Crippen LogP contribution in [0.1, 0.15) is 24.0 Å². The molecule has 0 unspecified atom stereocenters. The van der Waals surface area contributed by atoms with E-state index in [1.54, 1.807) is 6.33 Å². The fourth-order valence-corrected chi connectivity index (χ4v) is 1.91. The van der Waals surface area contributed by atoms with Crippen LogP contribution in [-0.2, 0) is 0 Å². The summed E-state index contributed by atoms with van der Waals surface area (Å²) in [5, 5.41) is 6.69. The first-order chi connectivity index (χ1) is 9.20. The number of rotatable bonds is 4. The molecule has 2 aromatic rings. The smallest absolute Gasteiger partial charge is 0.135 e. The van der Waals surface area contributed by atoms with Crippen molar-refractivity contribution in [1.82, 2.24) is 9.97 Å². The van der Waals surface area contributed by atoms with E-state index in [0.717, 1.165) is 17.3 Å². The Balaban J connectivity index is 1.75. The van der Waals surface area contributed by atoms with Gasteiger partial charge in [-0.15, -0.1) is 0 Å². The van der Waals surface area contributed by atoms with Gasteiger partial charge in [-0.2, -0.15) is 0 Å². The molecule has 1 fully saturated rings. The van der Waals surface area contributed by atoms with Crippen molar-refractivity contribution in [2.75, 3.05) is 10.6 Å². The lowest BCUT2D eigenvalue weighted by molar-refractivity contribution is 1.08. The van der Waals surface area contributed by atoms with Crippen molar-refractivity contribution >= 4 is 17.3 Å². The summed E-state index contributed by atoms with van der Waals surface area (Å²) in [5.41, 5.74) is 3.62. The van der Waals surface area contributed by atoms with Gasteiger partial charge in [-0.1, -0.05) is 6.07 Å². The molecule has 4 nitrogen and oxygen atoms in total. The monoisotopic (exact) mass is 254 g/mol. The van der Waals surface area contributed by atoms with Gasteiger partial charge in [0.25, 0.3) is 0 Å². The highest BCUT2D eigenvalue weighted by molar-refractivity contribution is 5.60. The van der Waals surface area contributed by atoms with Crippen LogP contribution >= 0.6 is 0 Å². The minimum atomic E-state index is 0.601. The second-order valence-electron chi connectivity index (χ2n) is 5.13. The molecule has 1 aliphatic carbocycles. The third-order valence-corrected chi connectivity index (χ3v) is 3.38. The van der Waals surface area contributed by atoms with Gasteiger partial charge in [-0.05, 0) is 49.9 Å². The first kappa shape index (κ1) is 12.0. The highest BCUT2D eigenvalue weighted by Gasteiger charge is 2.21. The Morgan fingerprint density at radius 1 is 1.00 bits per heavy atom. The standard InChI is InChI=1S/C15H18N4/c1-10-3-4-13(7-11(10)2)19-15-8-14(16-9-17-15)18-12-5-6-12/h3-4,7-9,12H,5-6H2,1-2H3,(H2,16,17,18,19). The summed E-state index contributed by atoms with van der Waals surface area (Å²) in [6.45, 7) is 4.22. The molecule has 2 N–H and O–H groups in total. The molecule has 1 saturated carbocycles. The first-order valence-corrected chi connectivity index (χ1v) is 6.63. The predicted octanol–water partition coefficient (Wildman–Crippen LogP) is 3.41. The van der Waals surface area contributed by atoms with Crippen LogP contribution in [0.5, 0.6) is 0 Å². The van der Waals surface area contributed by atoms with Crippen LogP contribution in [0.2, 0.25) is 0 Å². The molecule has 98 valence electrons. The molecule has 0 atom stereocenters. The van der Waals surface area contributed by atoms with E-state index in [4.69, 9.17) is 0 Å². The quantitative estimate of drug-likeness (QED) is 0.877. The minimum Gasteiger partial charge on any atom is -0.367 e. The molecule has 0 aliphatic heterocycles. The molecular weight excluding hydrogens is 236 g/mol. The van der Waals surface area contributed by atoms with Gasteiger partial charge in [0, 0.05) is 17.8 Å². The zero-order valence-corrected chi connectivity index (χ0v) is 11.3. The average Bonchev–Trinajstić information content (AvgIpc) is 3.18. The van der Waals surface area contributed by atoms with Crippen LogP contribution in [0.3, 0.4) is 0 Å². The number of aryl methyl sites for hydroxylation is 2. The van der Waals surface area contributed by atoms with Crippen LogP contribution < -0.4 is 10.6 Å². The predicted molar refractivity (Wildman–Crippen MR) is 77.9 cm³/mol. The summed E-state index contributed by atoms with van der Waals surface area (Å²) in [5.74, 6) is 1.71. The van der Waals surface area contributed by atoms with E-state index >= 15 is 0 Å². The van der Waals surface area contributed by atoms with Gasteiger partial charge >= 0.3 is 0 Å². The Labute approximate surface area is 113 Å². The number of nitrogens with one attached hydrogen (secondary N) is 2. The Hall–Kier alpha value is -2.10. The number of hydrogen-bond donors (Lipinski definition) is 2. The molecular formula is C15H18N4. The Morgan fingerprint density at radius 3 is 2.53 bits per heavy atom. The van der Waals surface area contributed by atoms with E-state index in [9.17, 15) is 0 Å². The highest BCUT2D eigenvalue weighted by Crippen LogP contribution is 2.25. The van der Waals surface area contributed by atoms with Crippen LogP contribution in [-0.4, -0.2) is 16.0 Å². The lowest BCUT2D eigenvalue weighted by Crippen LogP contribution is -2.04. The molecule has 1 aliphatic rings. The normalized spacial score (nSPS) is 14.2. The number of benzene rings is 1. The topological polar surface area (TPSA) is 49.8 Å². The molecule has 1 aromatic carbocycles. The van der Waals surface area contributed by atoms with Gasteiger partial charge in [-0.25, -0.2) is 9.97 Å². The summed E-state index contributed by atoms with van der Waals surface area (Å²) < 4.78 is 0. The molecule has 1 aromatic heterocycles. The molecule has 0 spiro atoms. The zero-order chi connectivity index (χ0) is 13.2. The third kappa shape index (κ3) is 3.02. The van der Waals surface area contributed by atoms with Crippen LogP contribution in [0.15, 0.2) is 30.6 Å². The van der Waals surface area contributed by atoms with Gasteiger partial charge in [0.2, 0.25) is 0 Å². The highest BCUT2D eigenvalue weighted by atomic mass is 15.1. The average molecular weight is 254 g/mol. The lowest BCUT2D eigenvalue weighted by Gasteiger charge is -2.09. The van der Waals surface area contributed by atoms with Crippen molar-refractivity contribution < 1.29 is 0 Å². The SMILES string of the molecule is Cc1ccc(Nc2cc(NC3CC3)ncn2)cc1C. The fourth-order valence-electron chi connectivity index (χ4n) is 1.91. The van der Waals surface area contributed by atoms with Gasteiger partial charge in [-0.3, -0.25) is 0 Å². The van der Waals surface area contributed by atoms with Gasteiger partial charge in [0.15, 0.2) is 0 Å². The van der Waals surface area contributed by atoms with Gasteiger partial charge in [0.1, 0.15) is 18.0 Å². The van der Waals surface area contributed by atoms with Crippen LogP contribution in [0.25, 0.3) is 0 Å². The van der Waals surface area contributed by atoms with Crippen molar-refractivity contribution in [2.24, 2.45) is 0 Å².